The minimum absolute atomic E-state index is 0.166. The topological polar surface area (TPSA) is 79.2 Å². The van der Waals surface area contributed by atoms with Crippen LogP contribution in [0.2, 0.25) is 0 Å². The Bertz CT molecular complexity index is 887. The van der Waals surface area contributed by atoms with Crippen LogP contribution in [-0.2, 0) is 13.6 Å². The van der Waals surface area contributed by atoms with Gasteiger partial charge in [0.05, 0.1) is 5.69 Å². The molecule has 1 amide bonds. The summed E-state index contributed by atoms with van der Waals surface area (Å²) >= 11 is 0. The number of rotatable bonds is 5. The van der Waals surface area contributed by atoms with Crippen molar-refractivity contribution in [2.75, 3.05) is 32.1 Å². The normalized spacial score (nSPS) is 16.7. The molecule has 3 heterocycles. The lowest BCUT2D eigenvalue weighted by Gasteiger charge is -2.22. The number of aromatic nitrogens is 4. The van der Waals surface area contributed by atoms with E-state index in [4.69, 9.17) is 0 Å². The van der Waals surface area contributed by atoms with E-state index in [1.807, 2.05) is 25.6 Å². The summed E-state index contributed by atoms with van der Waals surface area (Å²) < 4.78 is 1.93. The van der Waals surface area contributed by atoms with Crippen molar-refractivity contribution in [3.8, 4) is 0 Å². The van der Waals surface area contributed by atoms with E-state index in [1.54, 1.807) is 14.1 Å². The number of aryl methyl sites for hydroxylation is 3. The van der Waals surface area contributed by atoms with E-state index in [2.05, 4.69) is 39.1 Å². The molecule has 8 nitrogen and oxygen atoms in total. The predicted octanol–water partition coefficient (Wildman–Crippen LogP) is 1.51. The van der Waals surface area contributed by atoms with E-state index in [-0.39, 0.29) is 11.7 Å². The molecule has 3 rings (SSSR count). The summed E-state index contributed by atoms with van der Waals surface area (Å²) in [4.78, 5) is 25.1. The highest BCUT2D eigenvalue weighted by Crippen LogP contribution is 2.24. The quantitative estimate of drug-likeness (QED) is 0.841. The molecule has 1 saturated heterocycles. The fourth-order valence-electron chi connectivity index (χ4n) is 3.66. The third kappa shape index (κ3) is 3.87. The second-order valence-electron chi connectivity index (χ2n) is 7.87. The number of hydrogen-bond donors (Lipinski definition) is 1. The fraction of sp³-hybridized carbons (Fsp3) is 0.600. The monoisotopic (exact) mass is 385 g/mol. The highest BCUT2D eigenvalue weighted by molar-refractivity contribution is 5.90. The number of amides is 1. The molecule has 1 aliphatic heterocycles. The molecule has 152 valence electrons. The molecule has 0 spiro atoms. The van der Waals surface area contributed by atoms with Crippen LogP contribution in [0.25, 0.3) is 0 Å². The van der Waals surface area contributed by atoms with Crippen LogP contribution in [0.4, 0.5) is 5.82 Å². The van der Waals surface area contributed by atoms with Crippen molar-refractivity contribution in [3.63, 3.8) is 0 Å². The molecule has 1 fully saturated rings. The second kappa shape index (κ2) is 7.87. The van der Waals surface area contributed by atoms with E-state index in [0.29, 0.717) is 6.04 Å². The van der Waals surface area contributed by atoms with E-state index in [1.165, 1.54) is 16.2 Å². The molecule has 1 atom stereocenters. The van der Waals surface area contributed by atoms with Crippen molar-refractivity contribution in [1.82, 2.24) is 30.0 Å². The van der Waals surface area contributed by atoms with Crippen LogP contribution in [0, 0.1) is 27.7 Å². The number of carbonyl (C=O) groups excluding carboxylic acids is 1. The molecular weight excluding hydrogens is 354 g/mol. The van der Waals surface area contributed by atoms with Gasteiger partial charge in [-0.25, -0.2) is 9.97 Å². The summed E-state index contributed by atoms with van der Waals surface area (Å²) in [6, 6.07) is 0.377. The second-order valence-corrected chi connectivity index (χ2v) is 7.87. The standard InChI is InChI=1S/C20H31N7O/c1-12-13(2)22-18(20(28)25(5)6)23-19(12)27-9-8-16(11-27)21-10-17-14(3)24-26(7)15(17)4/h16,21H,8-11H2,1-7H3/t16-/m1/s1. The summed E-state index contributed by atoms with van der Waals surface area (Å²) in [7, 11) is 5.42. The number of nitrogens with zero attached hydrogens (tertiary/aromatic N) is 6. The van der Waals surface area contributed by atoms with E-state index in [0.717, 1.165) is 48.8 Å². The van der Waals surface area contributed by atoms with Gasteiger partial charge in [0, 0.05) is 69.3 Å². The van der Waals surface area contributed by atoms with Gasteiger partial charge >= 0.3 is 0 Å². The van der Waals surface area contributed by atoms with E-state index in [9.17, 15) is 4.79 Å². The summed E-state index contributed by atoms with van der Waals surface area (Å²) in [5.41, 5.74) is 5.45. The first-order valence-corrected chi connectivity index (χ1v) is 9.73. The van der Waals surface area contributed by atoms with Crippen molar-refractivity contribution in [1.29, 1.82) is 0 Å². The van der Waals surface area contributed by atoms with Crippen LogP contribution in [0.3, 0.4) is 0 Å². The molecule has 28 heavy (non-hydrogen) atoms. The van der Waals surface area contributed by atoms with Crippen LogP contribution in [0.5, 0.6) is 0 Å². The van der Waals surface area contributed by atoms with Crippen LogP contribution >= 0.6 is 0 Å². The molecule has 0 aromatic carbocycles. The number of hydrogen-bond acceptors (Lipinski definition) is 6. The molecule has 2 aromatic rings. The maximum atomic E-state index is 12.3. The smallest absolute Gasteiger partial charge is 0.291 e. The van der Waals surface area contributed by atoms with Crippen molar-refractivity contribution in [2.45, 2.75) is 46.7 Å². The number of carbonyl (C=O) groups is 1. The van der Waals surface area contributed by atoms with Gasteiger partial charge in [0.2, 0.25) is 5.82 Å². The van der Waals surface area contributed by atoms with Gasteiger partial charge in [-0.05, 0) is 34.1 Å². The van der Waals surface area contributed by atoms with Crippen LogP contribution in [0.15, 0.2) is 0 Å². The van der Waals surface area contributed by atoms with Crippen LogP contribution in [0.1, 0.15) is 45.2 Å². The van der Waals surface area contributed by atoms with Gasteiger partial charge in [0.15, 0.2) is 0 Å². The summed E-state index contributed by atoms with van der Waals surface area (Å²) in [5.74, 6) is 0.970. The number of nitrogens with one attached hydrogen (secondary N) is 1. The van der Waals surface area contributed by atoms with Crippen LogP contribution < -0.4 is 10.2 Å². The van der Waals surface area contributed by atoms with Gasteiger partial charge in [-0.15, -0.1) is 0 Å². The average Bonchev–Trinajstić information content (AvgIpc) is 3.20. The van der Waals surface area contributed by atoms with Crippen molar-refractivity contribution < 1.29 is 4.79 Å². The summed E-state index contributed by atoms with van der Waals surface area (Å²) in [6.07, 6.45) is 1.04. The Morgan fingerprint density at radius 3 is 2.50 bits per heavy atom. The molecule has 1 N–H and O–H groups in total. The number of anilines is 1. The van der Waals surface area contributed by atoms with Gasteiger partial charge in [0.1, 0.15) is 5.82 Å². The highest BCUT2D eigenvalue weighted by Gasteiger charge is 2.27. The third-order valence-electron chi connectivity index (χ3n) is 5.68. The molecule has 1 aliphatic rings. The van der Waals surface area contributed by atoms with Gasteiger partial charge in [-0.1, -0.05) is 0 Å². The Kier molecular flexibility index (Phi) is 5.69. The fourth-order valence-corrected chi connectivity index (χ4v) is 3.66. The van der Waals surface area contributed by atoms with Crippen molar-refractivity contribution in [3.05, 3.63) is 34.0 Å². The summed E-state index contributed by atoms with van der Waals surface area (Å²) in [6.45, 7) is 10.7. The maximum absolute atomic E-state index is 12.3. The average molecular weight is 386 g/mol. The maximum Gasteiger partial charge on any atom is 0.291 e. The zero-order valence-corrected chi connectivity index (χ0v) is 18.0. The Morgan fingerprint density at radius 2 is 1.89 bits per heavy atom. The lowest BCUT2D eigenvalue weighted by atomic mass is 10.1. The SMILES string of the molecule is Cc1nc(C(=O)N(C)C)nc(N2CC[C@@H](NCc3c(C)nn(C)c3C)C2)c1C. The Hall–Kier alpha value is -2.48. The lowest BCUT2D eigenvalue weighted by molar-refractivity contribution is 0.0815. The molecular formula is C20H31N7O. The molecule has 0 aliphatic carbocycles. The highest BCUT2D eigenvalue weighted by atomic mass is 16.2. The van der Waals surface area contributed by atoms with Gasteiger partial charge in [-0.2, -0.15) is 5.10 Å². The molecule has 0 bridgehead atoms. The van der Waals surface area contributed by atoms with Crippen molar-refractivity contribution >= 4 is 11.7 Å². The predicted molar refractivity (Wildman–Crippen MR) is 110 cm³/mol. The molecule has 8 heteroatoms. The van der Waals surface area contributed by atoms with E-state index >= 15 is 0 Å². The zero-order chi connectivity index (χ0) is 20.6. The van der Waals surface area contributed by atoms with Crippen molar-refractivity contribution in [2.24, 2.45) is 7.05 Å². The lowest BCUT2D eigenvalue weighted by Crippen LogP contribution is -2.33. The summed E-state index contributed by atoms with van der Waals surface area (Å²) in [5, 5.41) is 8.16. The zero-order valence-electron chi connectivity index (χ0n) is 18.0. The van der Waals surface area contributed by atoms with Crippen LogP contribution in [-0.4, -0.2) is 63.8 Å². The Morgan fingerprint density at radius 1 is 1.18 bits per heavy atom. The first-order chi connectivity index (χ1) is 13.2. The Balaban J connectivity index is 1.72. The van der Waals surface area contributed by atoms with Gasteiger partial charge < -0.3 is 15.1 Å². The molecule has 0 unspecified atom stereocenters. The minimum Gasteiger partial charge on any atom is -0.355 e. The Labute approximate surface area is 167 Å². The third-order valence-corrected chi connectivity index (χ3v) is 5.68. The van der Waals surface area contributed by atoms with Gasteiger partial charge in [-0.3, -0.25) is 9.48 Å². The molecule has 2 aromatic heterocycles. The minimum atomic E-state index is -0.166. The van der Waals surface area contributed by atoms with Gasteiger partial charge in [0.25, 0.3) is 5.91 Å². The molecule has 0 saturated carbocycles. The largest absolute Gasteiger partial charge is 0.355 e. The van der Waals surface area contributed by atoms with E-state index < -0.39 is 0 Å². The first kappa shape index (κ1) is 20.3. The molecule has 0 radical (unpaired) electrons. The first-order valence-electron chi connectivity index (χ1n) is 9.73.